The number of hydrogen-bond donors (Lipinski definition) is 2. The first-order valence-electron chi connectivity index (χ1n) is 14.1. The summed E-state index contributed by atoms with van der Waals surface area (Å²) in [6, 6.07) is 15.7. The van der Waals surface area contributed by atoms with E-state index in [2.05, 4.69) is 5.32 Å². The molecule has 0 bridgehead atoms. The summed E-state index contributed by atoms with van der Waals surface area (Å²) in [6.07, 6.45) is -1.70. The molecule has 2 aliphatic heterocycles. The number of carbonyl (C=O) groups excluding carboxylic acids is 1. The van der Waals surface area contributed by atoms with E-state index >= 15 is 0 Å². The van der Waals surface area contributed by atoms with E-state index < -0.39 is 40.4 Å². The molecule has 2 aliphatic rings. The number of nitrogens with zero attached hydrogens (tertiary/aromatic N) is 1. The molecule has 2 heterocycles. The van der Waals surface area contributed by atoms with Crippen molar-refractivity contribution in [2.45, 2.75) is 56.1 Å². The number of sulfonamides is 1. The molecule has 11 heteroatoms. The molecule has 0 radical (unpaired) electrons. The Morgan fingerprint density at radius 2 is 1.76 bits per heavy atom. The zero-order valence-electron chi connectivity index (χ0n) is 24.1. The second-order valence-electron chi connectivity index (χ2n) is 11.1. The summed E-state index contributed by atoms with van der Waals surface area (Å²) < 4.78 is 51.0. The molecular formula is C30H42N2O8S. The summed E-state index contributed by atoms with van der Waals surface area (Å²) in [5, 5.41) is 14.7. The molecule has 0 saturated carbocycles. The maximum Gasteiger partial charge on any atom is 0.306 e. The molecule has 2 saturated heterocycles. The number of esters is 1. The first-order valence-corrected chi connectivity index (χ1v) is 15.5. The van der Waals surface area contributed by atoms with Gasteiger partial charge in [-0.25, -0.2) is 8.42 Å². The van der Waals surface area contributed by atoms with E-state index in [0.29, 0.717) is 18.8 Å². The summed E-state index contributed by atoms with van der Waals surface area (Å²) in [4.78, 5) is 13.3. The number of methoxy groups -OCH3 is 1. The van der Waals surface area contributed by atoms with Crippen molar-refractivity contribution in [3.8, 4) is 5.75 Å². The van der Waals surface area contributed by atoms with Gasteiger partial charge in [0.1, 0.15) is 11.9 Å². The van der Waals surface area contributed by atoms with Gasteiger partial charge in [0.05, 0.1) is 43.7 Å². The third kappa shape index (κ3) is 7.85. The highest BCUT2D eigenvalue weighted by Crippen LogP contribution is 2.34. The first-order chi connectivity index (χ1) is 19.6. The Morgan fingerprint density at radius 1 is 1.07 bits per heavy atom. The quantitative estimate of drug-likeness (QED) is 0.320. The Labute approximate surface area is 243 Å². The SMILES string of the molecule is CN[C@H]1CO[C@@H]2OC[C@H](OC(=O)C[C@@H](Cc3ccccc3)[C@H](O)CN(CC(C)C)S(=O)(=O)c3ccc(OC)cc3)[C@@H]21. The van der Waals surface area contributed by atoms with Crippen LogP contribution < -0.4 is 10.1 Å². The van der Waals surface area contributed by atoms with Crippen LogP contribution in [0.25, 0.3) is 0 Å². The van der Waals surface area contributed by atoms with E-state index in [9.17, 15) is 18.3 Å². The van der Waals surface area contributed by atoms with Crippen molar-refractivity contribution >= 4 is 16.0 Å². The highest BCUT2D eigenvalue weighted by molar-refractivity contribution is 7.89. The van der Waals surface area contributed by atoms with E-state index in [1.54, 1.807) is 12.1 Å². The van der Waals surface area contributed by atoms with Gasteiger partial charge in [0.15, 0.2) is 6.29 Å². The number of nitrogens with one attached hydrogen (secondary N) is 1. The molecule has 10 nitrogen and oxygen atoms in total. The molecule has 0 aromatic heterocycles. The topological polar surface area (TPSA) is 124 Å². The van der Waals surface area contributed by atoms with Crippen LogP contribution in [0, 0.1) is 17.8 Å². The molecule has 0 amide bonds. The predicted molar refractivity (Wildman–Crippen MR) is 153 cm³/mol. The van der Waals surface area contributed by atoms with Crippen LogP contribution in [0.4, 0.5) is 0 Å². The lowest BCUT2D eigenvalue weighted by atomic mass is 9.90. The third-order valence-electron chi connectivity index (χ3n) is 7.70. The second-order valence-corrected chi connectivity index (χ2v) is 13.1. The summed E-state index contributed by atoms with van der Waals surface area (Å²) in [6.45, 7) is 4.61. The Kier molecular flexibility index (Phi) is 10.8. The first kappa shape index (κ1) is 31.4. The van der Waals surface area contributed by atoms with Gasteiger partial charge in [0.25, 0.3) is 0 Å². The van der Waals surface area contributed by atoms with Crippen LogP contribution in [0.15, 0.2) is 59.5 Å². The average Bonchev–Trinajstić information content (AvgIpc) is 3.55. The van der Waals surface area contributed by atoms with Crippen LogP contribution in [0.5, 0.6) is 5.75 Å². The number of rotatable bonds is 14. The molecule has 0 spiro atoms. The van der Waals surface area contributed by atoms with Gasteiger partial charge >= 0.3 is 5.97 Å². The van der Waals surface area contributed by atoms with E-state index in [1.807, 2.05) is 51.2 Å². The van der Waals surface area contributed by atoms with Gasteiger partial charge in [-0.05, 0) is 49.2 Å². The summed E-state index contributed by atoms with van der Waals surface area (Å²) in [5.74, 6) is -0.599. The van der Waals surface area contributed by atoms with Crippen molar-refractivity contribution in [2.75, 3.05) is 40.5 Å². The number of likely N-dealkylation sites (N-methyl/N-ethyl adjacent to an activating group) is 1. The number of ether oxygens (including phenoxy) is 4. The smallest absolute Gasteiger partial charge is 0.306 e. The Hall–Kier alpha value is -2.54. The van der Waals surface area contributed by atoms with Crippen LogP contribution >= 0.6 is 0 Å². The molecule has 41 heavy (non-hydrogen) atoms. The van der Waals surface area contributed by atoms with E-state index in [4.69, 9.17) is 18.9 Å². The fourth-order valence-corrected chi connectivity index (χ4v) is 7.14. The lowest BCUT2D eigenvalue weighted by Crippen LogP contribution is -2.44. The van der Waals surface area contributed by atoms with Crippen molar-refractivity contribution < 1.29 is 37.3 Å². The number of fused-ring (bicyclic) bond motifs is 1. The highest BCUT2D eigenvalue weighted by atomic mass is 32.2. The molecular weight excluding hydrogens is 548 g/mol. The van der Waals surface area contributed by atoms with Crippen molar-refractivity contribution in [1.29, 1.82) is 0 Å². The standard InChI is InChI=1S/C30H42N2O8S/c1-20(2)16-32(41(35,36)24-12-10-23(37-4)11-13-24)17-26(33)22(14-21-8-6-5-7-9-21)15-28(34)40-27-19-39-30-29(27)25(31-3)18-38-30/h5-13,20,22,25-27,29-31,33H,14-19H2,1-4H3/t22-,25+,26-,27+,29+,30-/m1/s1. The molecule has 6 atom stereocenters. The van der Waals surface area contributed by atoms with Gasteiger partial charge < -0.3 is 29.4 Å². The van der Waals surface area contributed by atoms with E-state index in [0.717, 1.165) is 5.56 Å². The van der Waals surface area contributed by atoms with Crippen LogP contribution in [0.3, 0.4) is 0 Å². The summed E-state index contributed by atoms with van der Waals surface area (Å²) in [7, 11) is -0.573. The van der Waals surface area contributed by atoms with Crippen molar-refractivity contribution in [3.05, 3.63) is 60.2 Å². The van der Waals surface area contributed by atoms with Gasteiger partial charge in [0, 0.05) is 25.0 Å². The summed E-state index contributed by atoms with van der Waals surface area (Å²) in [5.41, 5.74) is 0.932. The Bertz CT molecular complexity index is 1220. The van der Waals surface area contributed by atoms with Crippen molar-refractivity contribution in [2.24, 2.45) is 17.8 Å². The molecule has 2 fully saturated rings. The van der Waals surface area contributed by atoms with E-state index in [-0.39, 0.29) is 48.9 Å². The number of hydrogen-bond acceptors (Lipinski definition) is 9. The number of carbonyl (C=O) groups is 1. The van der Waals surface area contributed by atoms with Crippen LogP contribution in [0.1, 0.15) is 25.8 Å². The highest BCUT2D eigenvalue weighted by Gasteiger charge is 2.49. The maximum absolute atomic E-state index is 13.7. The lowest BCUT2D eigenvalue weighted by molar-refractivity contribution is -0.153. The second kappa shape index (κ2) is 14.1. The van der Waals surface area contributed by atoms with E-state index in [1.165, 1.54) is 23.5 Å². The lowest BCUT2D eigenvalue weighted by Gasteiger charge is -2.30. The zero-order valence-corrected chi connectivity index (χ0v) is 25.0. The van der Waals surface area contributed by atoms with Gasteiger partial charge in [-0.3, -0.25) is 4.79 Å². The largest absolute Gasteiger partial charge is 0.497 e. The number of aliphatic hydroxyl groups excluding tert-OH is 1. The zero-order chi connectivity index (χ0) is 29.6. The van der Waals surface area contributed by atoms with Crippen LogP contribution in [-0.2, 0) is 35.4 Å². The Balaban J connectivity index is 1.51. The van der Waals surface area contributed by atoms with Crippen molar-refractivity contribution in [1.82, 2.24) is 9.62 Å². The fraction of sp³-hybridized carbons (Fsp3) is 0.567. The minimum absolute atomic E-state index is 0.0109. The predicted octanol–water partition coefficient (Wildman–Crippen LogP) is 2.45. The van der Waals surface area contributed by atoms with Crippen molar-refractivity contribution in [3.63, 3.8) is 0 Å². The Morgan fingerprint density at radius 3 is 2.39 bits per heavy atom. The number of benzene rings is 2. The van der Waals surface area contributed by atoms with Crippen LogP contribution in [0.2, 0.25) is 0 Å². The summed E-state index contributed by atoms with van der Waals surface area (Å²) >= 11 is 0. The normalized spacial score (nSPS) is 23.9. The minimum atomic E-state index is -3.92. The molecule has 2 N–H and O–H groups in total. The average molecular weight is 591 g/mol. The molecule has 2 aromatic rings. The molecule has 226 valence electrons. The monoisotopic (exact) mass is 590 g/mol. The molecule has 2 aromatic carbocycles. The molecule has 0 unspecified atom stereocenters. The van der Waals surface area contributed by atoms with Gasteiger partial charge in [0.2, 0.25) is 10.0 Å². The molecule has 4 rings (SSSR count). The fourth-order valence-electron chi connectivity index (χ4n) is 5.52. The van der Waals surface area contributed by atoms with Crippen LogP contribution in [-0.4, -0.2) is 88.8 Å². The number of aliphatic hydroxyl groups is 1. The minimum Gasteiger partial charge on any atom is -0.497 e. The molecule has 0 aliphatic carbocycles. The third-order valence-corrected chi connectivity index (χ3v) is 9.54. The van der Waals surface area contributed by atoms with Gasteiger partial charge in [-0.2, -0.15) is 4.31 Å². The van der Waals surface area contributed by atoms with Gasteiger partial charge in [-0.1, -0.05) is 44.2 Å². The van der Waals surface area contributed by atoms with Gasteiger partial charge in [-0.15, -0.1) is 0 Å². The maximum atomic E-state index is 13.7.